The molecule has 2 saturated heterocycles. The Bertz CT molecular complexity index is 1440. The highest BCUT2D eigenvalue weighted by molar-refractivity contribution is 7.92. The molecule has 0 aromatic heterocycles. The first-order valence-electron chi connectivity index (χ1n) is 12.5. The second-order valence-electron chi connectivity index (χ2n) is 9.15. The number of ether oxygens (including phenoxy) is 3. The molecule has 2 heterocycles. The van der Waals surface area contributed by atoms with Crippen LogP contribution in [-0.4, -0.2) is 110 Å². The molecule has 2 fully saturated rings. The summed E-state index contributed by atoms with van der Waals surface area (Å²) in [6, 6.07) is 10.00. The van der Waals surface area contributed by atoms with Crippen LogP contribution in [0.1, 0.15) is 10.4 Å². The molecule has 0 saturated carbocycles. The molecule has 2 aliphatic rings. The van der Waals surface area contributed by atoms with E-state index in [4.69, 9.17) is 14.2 Å². The van der Waals surface area contributed by atoms with E-state index in [1.807, 2.05) is 0 Å². The van der Waals surface area contributed by atoms with E-state index in [1.54, 1.807) is 4.90 Å². The summed E-state index contributed by atoms with van der Waals surface area (Å²) in [5, 5.41) is 2.57. The van der Waals surface area contributed by atoms with Crippen LogP contribution in [-0.2, 0) is 34.3 Å². The van der Waals surface area contributed by atoms with E-state index in [0.717, 1.165) is 10.6 Å². The van der Waals surface area contributed by atoms with E-state index >= 15 is 0 Å². The highest BCUT2D eigenvalue weighted by Crippen LogP contribution is 2.29. The average Bonchev–Trinajstić information content (AvgIpc) is 2.96. The Hall–Kier alpha value is -3.24. The monoisotopic (exact) mass is 596 g/mol. The molecule has 15 heteroatoms. The predicted molar refractivity (Wildman–Crippen MR) is 147 cm³/mol. The molecule has 0 spiro atoms. The highest BCUT2D eigenvalue weighted by atomic mass is 32.2. The summed E-state index contributed by atoms with van der Waals surface area (Å²) < 4.78 is 69.4. The van der Waals surface area contributed by atoms with Gasteiger partial charge in [-0.2, -0.15) is 4.31 Å². The van der Waals surface area contributed by atoms with Crippen molar-refractivity contribution in [1.82, 2.24) is 9.21 Å². The molecule has 2 amide bonds. The first-order chi connectivity index (χ1) is 19.0. The maximum Gasteiger partial charge on any atom is 0.254 e. The van der Waals surface area contributed by atoms with E-state index in [9.17, 15) is 26.4 Å². The Morgan fingerprint density at radius 3 is 2.10 bits per heavy atom. The average molecular weight is 597 g/mol. The van der Waals surface area contributed by atoms with Crippen molar-refractivity contribution < 1.29 is 40.6 Å². The van der Waals surface area contributed by atoms with Gasteiger partial charge in [0.05, 0.1) is 56.1 Å². The number of methoxy groups -OCH3 is 1. The summed E-state index contributed by atoms with van der Waals surface area (Å²) in [7, 11) is -6.39. The van der Waals surface area contributed by atoms with Crippen LogP contribution in [0.5, 0.6) is 5.75 Å². The number of anilines is 2. The van der Waals surface area contributed by atoms with Crippen molar-refractivity contribution >= 4 is 43.2 Å². The SMILES string of the molecule is COc1ccc(S(=O)(=O)N2CCOCC2)cc1NC(=O)CN(c1ccc(C(=O)N2CCOCC2)cc1)S(C)(=O)=O. The van der Waals surface area contributed by atoms with Gasteiger partial charge in [0.25, 0.3) is 5.91 Å². The number of amides is 2. The zero-order chi connectivity index (χ0) is 28.9. The molecular weight excluding hydrogens is 564 g/mol. The molecule has 40 heavy (non-hydrogen) atoms. The second-order valence-corrected chi connectivity index (χ2v) is 13.0. The molecule has 2 aromatic rings. The second kappa shape index (κ2) is 12.5. The van der Waals surface area contributed by atoms with E-state index in [-0.39, 0.29) is 54.2 Å². The number of morpholine rings is 2. The molecule has 0 bridgehead atoms. The topological polar surface area (TPSA) is 152 Å². The Morgan fingerprint density at radius 1 is 0.925 bits per heavy atom. The van der Waals surface area contributed by atoms with E-state index in [2.05, 4.69) is 5.32 Å². The van der Waals surface area contributed by atoms with Crippen molar-refractivity contribution in [3.05, 3.63) is 48.0 Å². The number of carbonyl (C=O) groups is 2. The maximum atomic E-state index is 13.1. The summed E-state index contributed by atoms with van der Waals surface area (Å²) in [5.74, 6) is -0.721. The van der Waals surface area contributed by atoms with Crippen LogP contribution >= 0.6 is 0 Å². The van der Waals surface area contributed by atoms with Gasteiger partial charge in [0, 0.05) is 31.7 Å². The number of nitrogens with one attached hydrogen (secondary N) is 1. The number of sulfonamides is 2. The normalized spacial score (nSPS) is 16.8. The van der Waals surface area contributed by atoms with Gasteiger partial charge in [0.15, 0.2) is 0 Å². The van der Waals surface area contributed by atoms with Crippen molar-refractivity contribution in [2.45, 2.75) is 4.90 Å². The van der Waals surface area contributed by atoms with Crippen LogP contribution in [0.4, 0.5) is 11.4 Å². The number of carbonyl (C=O) groups excluding carboxylic acids is 2. The summed E-state index contributed by atoms with van der Waals surface area (Å²) in [5.41, 5.74) is 0.639. The van der Waals surface area contributed by atoms with Crippen LogP contribution in [0, 0.1) is 0 Å². The molecule has 0 aliphatic carbocycles. The minimum atomic E-state index is -3.91. The summed E-state index contributed by atoms with van der Waals surface area (Å²) in [6.45, 7) is 2.21. The first kappa shape index (κ1) is 29.7. The largest absolute Gasteiger partial charge is 0.495 e. The van der Waals surface area contributed by atoms with Crippen molar-refractivity contribution in [1.29, 1.82) is 0 Å². The lowest BCUT2D eigenvalue weighted by molar-refractivity contribution is -0.114. The van der Waals surface area contributed by atoms with E-state index < -0.39 is 32.5 Å². The molecule has 0 unspecified atom stereocenters. The quantitative estimate of drug-likeness (QED) is 0.439. The molecule has 4 rings (SSSR count). The fourth-order valence-electron chi connectivity index (χ4n) is 4.32. The highest BCUT2D eigenvalue weighted by Gasteiger charge is 2.28. The molecule has 2 aromatic carbocycles. The third kappa shape index (κ3) is 6.90. The molecular formula is C25H32N4O9S2. The third-order valence-electron chi connectivity index (χ3n) is 6.44. The van der Waals surface area contributed by atoms with Gasteiger partial charge >= 0.3 is 0 Å². The smallest absolute Gasteiger partial charge is 0.254 e. The first-order valence-corrected chi connectivity index (χ1v) is 15.8. The van der Waals surface area contributed by atoms with Gasteiger partial charge in [-0.1, -0.05) is 0 Å². The molecule has 1 N–H and O–H groups in total. The Balaban J connectivity index is 1.52. The van der Waals surface area contributed by atoms with Gasteiger partial charge in [0.2, 0.25) is 26.0 Å². The maximum absolute atomic E-state index is 13.1. The van der Waals surface area contributed by atoms with Gasteiger partial charge in [-0.15, -0.1) is 0 Å². The van der Waals surface area contributed by atoms with Crippen molar-refractivity contribution in [2.75, 3.05) is 82.1 Å². The predicted octanol–water partition coefficient (Wildman–Crippen LogP) is 0.593. The summed E-state index contributed by atoms with van der Waals surface area (Å²) >= 11 is 0. The van der Waals surface area contributed by atoms with Crippen LogP contribution in [0.25, 0.3) is 0 Å². The van der Waals surface area contributed by atoms with Gasteiger partial charge < -0.3 is 24.4 Å². The van der Waals surface area contributed by atoms with E-state index in [0.29, 0.717) is 31.9 Å². The standard InChI is InChI=1S/C25H32N4O9S2/c1-36-23-8-7-21(40(34,35)28-11-15-38-16-12-28)17-22(23)26-24(30)18-29(39(2,32)33)20-5-3-19(4-6-20)25(31)27-9-13-37-14-10-27/h3-8,17H,9-16,18H2,1-2H3,(H,26,30). The third-order valence-corrected chi connectivity index (χ3v) is 9.48. The molecule has 2 aliphatic heterocycles. The number of benzene rings is 2. The number of hydrogen-bond donors (Lipinski definition) is 1. The van der Waals surface area contributed by atoms with Crippen molar-refractivity contribution in [2.24, 2.45) is 0 Å². The van der Waals surface area contributed by atoms with E-state index in [1.165, 1.54) is 53.9 Å². The molecule has 13 nitrogen and oxygen atoms in total. The zero-order valence-electron chi connectivity index (χ0n) is 22.2. The van der Waals surface area contributed by atoms with Crippen LogP contribution in [0.2, 0.25) is 0 Å². The Labute approximate surface area is 233 Å². The molecule has 218 valence electrons. The Morgan fingerprint density at radius 2 is 1.52 bits per heavy atom. The number of hydrogen-bond acceptors (Lipinski definition) is 9. The fourth-order valence-corrected chi connectivity index (χ4v) is 6.61. The molecule has 0 radical (unpaired) electrons. The van der Waals surface area contributed by atoms with Crippen molar-refractivity contribution in [3.8, 4) is 5.75 Å². The zero-order valence-corrected chi connectivity index (χ0v) is 23.9. The molecule has 0 atom stereocenters. The van der Waals surface area contributed by atoms with Gasteiger partial charge in [-0.3, -0.25) is 13.9 Å². The van der Waals surface area contributed by atoms with Gasteiger partial charge in [-0.25, -0.2) is 16.8 Å². The van der Waals surface area contributed by atoms with Crippen molar-refractivity contribution in [3.63, 3.8) is 0 Å². The minimum absolute atomic E-state index is 0.0500. The lowest BCUT2D eigenvalue weighted by Crippen LogP contribution is -2.40. The van der Waals surface area contributed by atoms with Crippen LogP contribution < -0.4 is 14.4 Å². The lowest BCUT2D eigenvalue weighted by atomic mass is 10.1. The van der Waals surface area contributed by atoms with Gasteiger partial charge in [-0.05, 0) is 42.5 Å². The fraction of sp³-hybridized carbons (Fsp3) is 0.440. The Kier molecular flexibility index (Phi) is 9.30. The summed E-state index contributed by atoms with van der Waals surface area (Å²) in [6.07, 6.45) is 0.961. The number of nitrogens with zero attached hydrogens (tertiary/aromatic N) is 3. The minimum Gasteiger partial charge on any atom is -0.495 e. The van der Waals surface area contributed by atoms with Crippen LogP contribution in [0.15, 0.2) is 47.4 Å². The van der Waals surface area contributed by atoms with Gasteiger partial charge in [0.1, 0.15) is 12.3 Å². The number of rotatable bonds is 9. The van der Waals surface area contributed by atoms with Crippen LogP contribution in [0.3, 0.4) is 0 Å². The summed E-state index contributed by atoms with van der Waals surface area (Å²) in [4.78, 5) is 27.4. The lowest BCUT2D eigenvalue weighted by Gasteiger charge is -2.27.